The van der Waals surface area contributed by atoms with E-state index in [1.807, 2.05) is 0 Å². The van der Waals surface area contributed by atoms with Crippen LogP contribution in [0, 0.1) is 0 Å². The molecule has 0 saturated carbocycles. The van der Waals surface area contributed by atoms with E-state index in [1.54, 1.807) is 30.5 Å². The molecule has 0 unspecified atom stereocenters. The van der Waals surface area contributed by atoms with Crippen LogP contribution in [0.5, 0.6) is 23.0 Å². The van der Waals surface area contributed by atoms with Gasteiger partial charge in [0.25, 0.3) is 5.91 Å². The lowest BCUT2D eigenvalue weighted by molar-refractivity contribution is -0.132. The number of ether oxygens (including phenoxy) is 3. The summed E-state index contributed by atoms with van der Waals surface area (Å²) in [6.45, 7) is 1.22. The van der Waals surface area contributed by atoms with E-state index in [0.717, 1.165) is 4.70 Å². The number of carbonyl (C=O) groups is 2. The van der Waals surface area contributed by atoms with E-state index in [9.17, 15) is 9.59 Å². The van der Waals surface area contributed by atoms with Gasteiger partial charge in [0.2, 0.25) is 5.75 Å². The summed E-state index contributed by atoms with van der Waals surface area (Å²) in [7, 11) is 1.40. The quantitative estimate of drug-likeness (QED) is 0.403. The smallest absolute Gasteiger partial charge is 0.308 e. The monoisotopic (exact) mass is 470 g/mol. The molecule has 0 atom stereocenters. The zero-order chi connectivity index (χ0) is 22.7. The summed E-state index contributed by atoms with van der Waals surface area (Å²) in [5, 5.41) is 3.48. The van der Waals surface area contributed by atoms with Crippen LogP contribution < -0.4 is 19.5 Å². The van der Waals surface area contributed by atoms with Gasteiger partial charge in [-0.25, -0.2) is 9.97 Å². The van der Waals surface area contributed by atoms with Crippen LogP contribution in [0.1, 0.15) is 17.4 Å². The number of anilines is 1. The summed E-state index contributed by atoms with van der Waals surface area (Å²) < 4.78 is 16.9. The topological polar surface area (TPSA) is 113 Å². The molecule has 4 aromatic rings. The van der Waals surface area contributed by atoms with Gasteiger partial charge >= 0.3 is 5.97 Å². The number of hydrogen-bond donors (Lipinski definition) is 1. The van der Waals surface area contributed by atoms with Gasteiger partial charge in [-0.05, 0) is 12.1 Å². The first-order valence-electron chi connectivity index (χ1n) is 9.14. The van der Waals surface area contributed by atoms with Crippen LogP contribution >= 0.6 is 22.9 Å². The van der Waals surface area contributed by atoms with Gasteiger partial charge in [0.15, 0.2) is 16.6 Å². The number of halogens is 1. The lowest BCUT2D eigenvalue weighted by Crippen LogP contribution is -2.17. The lowest BCUT2D eigenvalue weighted by Gasteiger charge is -2.11. The standard InChI is InChI=1S/C21H15ClN4O5S/c1-11(27)30-19-16(29-2)5-6-24-18(19)20(28)26-21-25-15-4-3-13(8-17(15)32-21)31-14-7-12(22)9-23-10-14/h3-10H,1-2H3,(H,25,26,28). The zero-order valence-corrected chi connectivity index (χ0v) is 18.4. The van der Waals surface area contributed by atoms with Gasteiger partial charge < -0.3 is 14.2 Å². The summed E-state index contributed by atoms with van der Waals surface area (Å²) in [5.41, 5.74) is 0.567. The van der Waals surface area contributed by atoms with Gasteiger partial charge in [0.1, 0.15) is 11.5 Å². The van der Waals surface area contributed by atoms with Crippen LogP contribution in [0.3, 0.4) is 0 Å². The Hall–Kier alpha value is -3.76. The molecule has 0 aliphatic rings. The van der Waals surface area contributed by atoms with Crippen LogP contribution in [-0.2, 0) is 4.79 Å². The first-order chi connectivity index (χ1) is 15.4. The summed E-state index contributed by atoms with van der Waals surface area (Å²) in [6, 6.07) is 8.44. The summed E-state index contributed by atoms with van der Waals surface area (Å²) in [5.74, 6) is 0.00835. The minimum atomic E-state index is -0.604. The van der Waals surface area contributed by atoms with Crippen LogP contribution in [0.25, 0.3) is 10.2 Å². The number of aromatic nitrogens is 3. The molecule has 9 nitrogen and oxygen atoms in total. The molecule has 0 fully saturated rings. The van der Waals surface area contributed by atoms with E-state index >= 15 is 0 Å². The van der Waals surface area contributed by atoms with Crippen molar-refractivity contribution < 1.29 is 23.8 Å². The molecule has 3 heterocycles. The Morgan fingerprint density at radius 1 is 1.12 bits per heavy atom. The zero-order valence-electron chi connectivity index (χ0n) is 16.8. The second-order valence-corrected chi connectivity index (χ2v) is 7.80. The normalized spacial score (nSPS) is 10.6. The molecule has 1 aromatic carbocycles. The molecule has 4 rings (SSSR count). The number of carbonyl (C=O) groups excluding carboxylic acids is 2. The highest BCUT2D eigenvalue weighted by Gasteiger charge is 2.21. The third kappa shape index (κ3) is 4.76. The van der Waals surface area contributed by atoms with E-state index in [0.29, 0.717) is 27.2 Å². The number of esters is 1. The maximum atomic E-state index is 12.8. The minimum absolute atomic E-state index is 0.0630. The van der Waals surface area contributed by atoms with Crippen molar-refractivity contribution in [3.8, 4) is 23.0 Å². The Bertz CT molecular complexity index is 1330. The number of hydrogen-bond acceptors (Lipinski definition) is 9. The molecule has 0 spiro atoms. The average molecular weight is 471 g/mol. The molecule has 162 valence electrons. The average Bonchev–Trinajstić information content (AvgIpc) is 3.15. The summed E-state index contributed by atoms with van der Waals surface area (Å²) in [4.78, 5) is 36.7. The second kappa shape index (κ2) is 9.16. The Balaban J connectivity index is 1.57. The maximum Gasteiger partial charge on any atom is 0.308 e. The number of methoxy groups -OCH3 is 1. The maximum absolute atomic E-state index is 12.8. The van der Waals surface area contributed by atoms with Gasteiger partial charge in [-0.2, -0.15) is 0 Å². The van der Waals surface area contributed by atoms with Crippen LogP contribution in [0.15, 0.2) is 48.9 Å². The fraction of sp³-hybridized carbons (Fsp3) is 0.0952. The molecule has 1 amide bonds. The molecule has 32 heavy (non-hydrogen) atoms. The summed E-state index contributed by atoms with van der Waals surface area (Å²) >= 11 is 7.18. The highest BCUT2D eigenvalue weighted by Crippen LogP contribution is 2.33. The lowest BCUT2D eigenvalue weighted by atomic mass is 10.3. The number of thiazole rings is 1. The van der Waals surface area contributed by atoms with Crippen molar-refractivity contribution >= 4 is 50.2 Å². The minimum Gasteiger partial charge on any atom is -0.493 e. The fourth-order valence-electron chi connectivity index (χ4n) is 2.76. The highest BCUT2D eigenvalue weighted by molar-refractivity contribution is 7.22. The number of rotatable bonds is 6. The fourth-order valence-corrected chi connectivity index (χ4v) is 3.81. The number of pyridine rings is 2. The predicted molar refractivity (Wildman–Crippen MR) is 119 cm³/mol. The Morgan fingerprint density at radius 3 is 2.72 bits per heavy atom. The van der Waals surface area contributed by atoms with Gasteiger partial charge in [-0.1, -0.05) is 22.9 Å². The molecule has 0 saturated heterocycles. The molecule has 11 heteroatoms. The summed E-state index contributed by atoms with van der Waals surface area (Å²) in [6.07, 6.45) is 4.45. The molecule has 1 N–H and O–H groups in total. The number of nitrogens with one attached hydrogen (secondary N) is 1. The number of benzene rings is 1. The molecule has 3 aromatic heterocycles. The largest absolute Gasteiger partial charge is 0.493 e. The number of fused-ring (bicyclic) bond motifs is 1. The molecular formula is C21H15ClN4O5S. The third-order valence-corrected chi connectivity index (χ3v) is 5.19. The van der Waals surface area contributed by atoms with Gasteiger partial charge in [0.05, 0.1) is 28.5 Å². The van der Waals surface area contributed by atoms with Crippen LogP contribution in [0.4, 0.5) is 5.13 Å². The Morgan fingerprint density at radius 2 is 1.97 bits per heavy atom. The van der Waals surface area contributed by atoms with E-state index < -0.39 is 11.9 Å². The van der Waals surface area contributed by atoms with E-state index in [4.69, 9.17) is 25.8 Å². The van der Waals surface area contributed by atoms with Crippen molar-refractivity contribution in [2.24, 2.45) is 0 Å². The Labute approximate surface area is 191 Å². The van der Waals surface area contributed by atoms with Crippen molar-refractivity contribution in [2.45, 2.75) is 6.92 Å². The first kappa shape index (κ1) is 21.5. The molecule has 0 aliphatic carbocycles. The van der Waals surface area contributed by atoms with Crippen molar-refractivity contribution in [1.29, 1.82) is 0 Å². The van der Waals surface area contributed by atoms with Crippen molar-refractivity contribution in [2.75, 3.05) is 12.4 Å². The molecule has 0 aliphatic heterocycles. The van der Waals surface area contributed by atoms with Gasteiger partial charge in [-0.15, -0.1) is 0 Å². The SMILES string of the molecule is COc1ccnc(C(=O)Nc2nc3ccc(Oc4cncc(Cl)c4)cc3s2)c1OC(C)=O. The van der Waals surface area contributed by atoms with Gasteiger partial charge in [-0.3, -0.25) is 19.9 Å². The predicted octanol–water partition coefficient (Wildman–Crippen LogP) is 4.72. The molecule has 0 bridgehead atoms. The van der Waals surface area contributed by atoms with E-state index in [1.165, 1.54) is 43.8 Å². The van der Waals surface area contributed by atoms with Crippen LogP contribution in [-0.4, -0.2) is 33.9 Å². The van der Waals surface area contributed by atoms with Crippen molar-refractivity contribution in [3.63, 3.8) is 0 Å². The Kier molecular flexibility index (Phi) is 6.15. The third-order valence-electron chi connectivity index (χ3n) is 4.05. The number of nitrogens with zero attached hydrogens (tertiary/aromatic N) is 3. The number of amides is 1. The highest BCUT2D eigenvalue weighted by atomic mass is 35.5. The van der Waals surface area contributed by atoms with Crippen LogP contribution in [0.2, 0.25) is 5.02 Å². The molecule has 0 radical (unpaired) electrons. The van der Waals surface area contributed by atoms with Crippen molar-refractivity contribution in [3.05, 3.63) is 59.6 Å². The molecular weight excluding hydrogens is 456 g/mol. The first-order valence-corrected chi connectivity index (χ1v) is 10.3. The van der Waals surface area contributed by atoms with Gasteiger partial charge in [0, 0.05) is 37.5 Å². The van der Waals surface area contributed by atoms with E-state index in [2.05, 4.69) is 20.3 Å². The second-order valence-electron chi connectivity index (χ2n) is 6.33. The van der Waals surface area contributed by atoms with Crippen molar-refractivity contribution in [1.82, 2.24) is 15.0 Å². The van der Waals surface area contributed by atoms with E-state index in [-0.39, 0.29) is 17.2 Å².